The minimum Gasteiger partial charge on any atom is -0.497 e. The van der Waals surface area contributed by atoms with Crippen molar-refractivity contribution in [3.05, 3.63) is 29.8 Å². The van der Waals surface area contributed by atoms with Crippen LogP contribution in [0.2, 0.25) is 0 Å². The van der Waals surface area contributed by atoms with Gasteiger partial charge in [0, 0.05) is 5.92 Å². The molecule has 90 valence electrons. The van der Waals surface area contributed by atoms with Crippen molar-refractivity contribution in [1.29, 1.82) is 0 Å². The standard InChI is InChI=1S/C14H22O2/c1-5-13(14(15)10(2)3)11-6-8-12(16-4)9-7-11/h6-10,13-15H,5H2,1-4H3. The molecule has 1 aromatic rings. The molecule has 2 unspecified atom stereocenters. The minimum absolute atomic E-state index is 0.214. The van der Waals surface area contributed by atoms with Crippen LogP contribution in [-0.2, 0) is 0 Å². The van der Waals surface area contributed by atoms with Crippen molar-refractivity contribution in [2.24, 2.45) is 5.92 Å². The van der Waals surface area contributed by atoms with Crippen molar-refractivity contribution >= 4 is 0 Å². The molecule has 0 radical (unpaired) electrons. The molecular formula is C14H22O2. The van der Waals surface area contributed by atoms with Gasteiger partial charge in [0.2, 0.25) is 0 Å². The first kappa shape index (κ1) is 13.0. The predicted octanol–water partition coefficient (Wildman–Crippen LogP) is 3.21. The highest BCUT2D eigenvalue weighted by Crippen LogP contribution is 2.28. The average molecular weight is 222 g/mol. The second kappa shape index (κ2) is 5.90. The number of aliphatic hydroxyl groups excluding tert-OH is 1. The van der Waals surface area contributed by atoms with E-state index in [-0.39, 0.29) is 17.9 Å². The van der Waals surface area contributed by atoms with E-state index >= 15 is 0 Å². The van der Waals surface area contributed by atoms with Crippen LogP contribution in [0.5, 0.6) is 5.75 Å². The van der Waals surface area contributed by atoms with Gasteiger partial charge in [-0.1, -0.05) is 32.9 Å². The Morgan fingerprint density at radius 2 is 1.75 bits per heavy atom. The lowest BCUT2D eigenvalue weighted by atomic mass is 9.85. The molecule has 16 heavy (non-hydrogen) atoms. The van der Waals surface area contributed by atoms with Crippen LogP contribution in [0.1, 0.15) is 38.7 Å². The molecule has 2 heteroatoms. The lowest BCUT2D eigenvalue weighted by molar-refractivity contribution is 0.0943. The summed E-state index contributed by atoms with van der Waals surface area (Å²) in [6.07, 6.45) is 0.671. The molecule has 0 bridgehead atoms. The Balaban J connectivity index is 2.86. The summed E-state index contributed by atoms with van der Waals surface area (Å²) in [4.78, 5) is 0. The zero-order chi connectivity index (χ0) is 12.1. The van der Waals surface area contributed by atoms with Crippen LogP contribution < -0.4 is 4.74 Å². The van der Waals surface area contributed by atoms with Crippen molar-refractivity contribution in [1.82, 2.24) is 0 Å². The summed E-state index contributed by atoms with van der Waals surface area (Å²) >= 11 is 0. The van der Waals surface area contributed by atoms with Crippen molar-refractivity contribution in [3.63, 3.8) is 0 Å². The molecule has 0 fully saturated rings. The molecule has 0 amide bonds. The Morgan fingerprint density at radius 1 is 1.19 bits per heavy atom. The molecular weight excluding hydrogens is 200 g/mol. The van der Waals surface area contributed by atoms with Gasteiger partial charge in [-0.25, -0.2) is 0 Å². The molecule has 2 atom stereocenters. The van der Waals surface area contributed by atoms with Gasteiger partial charge in [-0.3, -0.25) is 0 Å². The molecule has 0 aliphatic carbocycles. The second-order valence-corrected chi connectivity index (χ2v) is 4.52. The fourth-order valence-corrected chi connectivity index (χ4v) is 1.99. The van der Waals surface area contributed by atoms with Crippen molar-refractivity contribution < 1.29 is 9.84 Å². The Kier molecular flexibility index (Phi) is 4.81. The highest BCUT2D eigenvalue weighted by molar-refractivity contribution is 5.30. The summed E-state index contributed by atoms with van der Waals surface area (Å²) in [7, 11) is 1.66. The van der Waals surface area contributed by atoms with E-state index in [1.807, 2.05) is 24.3 Å². The lowest BCUT2D eigenvalue weighted by Gasteiger charge is -2.25. The quantitative estimate of drug-likeness (QED) is 0.829. The topological polar surface area (TPSA) is 29.5 Å². The van der Waals surface area contributed by atoms with Crippen molar-refractivity contribution in [3.8, 4) is 5.75 Å². The molecule has 0 aliphatic rings. The van der Waals surface area contributed by atoms with Gasteiger partial charge in [-0.2, -0.15) is 0 Å². The number of benzene rings is 1. The molecule has 0 saturated carbocycles. The highest BCUT2D eigenvalue weighted by atomic mass is 16.5. The summed E-state index contributed by atoms with van der Waals surface area (Å²) in [5.74, 6) is 1.36. The first-order chi connectivity index (χ1) is 7.60. The minimum atomic E-state index is -0.279. The van der Waals surface area contributed by atoms with E-state index in [4.69, 9.17) is 4.74 Å². The maximum atomic E-state index is 10.1. The van der Waals surface area contributed by atoms with Crippen LogP contribution in [0, 0.1) is 5.92 Å². The average Bonchev–Trinajstić information content (AvgIpc) is 2.30. The highest BCUT2D eigenvalue weighted by Gasteiger charge is 2.22. The van der Waals surface area contributed by atoms with Crippen LogP contribution in [0.4, 0.5) is 0 Å². The van der Waals surface area contributed by atoms with E-state index in [0.29, 0.717) is 0 Å². The van der Waals surface area contributed by atoms with E-state index in [0.717, 1.165) is 12.2 Å². The van der Waals surface area contributed by atoms with Crippen LogP contribution in [-0.4, -0.2) is 18.3 Å². The van der Waals surface area contributed by atoms with Gasteiger partial charge in [0.15, 0.2) is 0 Å². The van der Waals surface area contributed by atoms with Gasteiger partial charge in [0.1, 0.15) is 5.75 Å². The SMILES string of the molecule is CCC(c1ccc(OC)cc1)C(O)C(C)C. The summed E-state index contributed by atoms with van der Waals surface area (Å²) in [5.41, 5.74) is 1.18. The molecule has 0 spiro atoms. The molecule has 0 saturated heterocycles. The number of methoxy groups -OCH3 is 1. The number of hydrogen-bond acceptors (Lipinski definition) is 2. The number of rotatable bonds is 5. The molecule has 1 N–H and O–H groups in total. The molecule has 1 rings (SSSR count). The third-order valence-electron chi connectivity index (χ3n) is 3.08. The molecule has 2 nitrogen and oxygen atoms in total. The number of hydrogen-bond donors (Lipinski definition) is 1. The maximum Gasteiger partial charge on any atom is 0.118 e. The zero-order valence-electron chi connectivity index (χ0n) is 10.6. The number of ether oxygens (including phenoxy) is 1. The van der Waals surface area contributed by atoms with E-state index in [1.165, 1.54) is 5.56 Å². The largest absolute Gasteiger partial charge is 0.497 e. The normalized spacial score (nSPS) is 14.9. The van der Waals surface area contributed by atoms with Gasteiger partial charge in [-0.15, -0.1) is 0 Å². The summed E-state index contributed by atoms with van der Waals surface area (Å²) in [5, 5.41) is 10.1. The fourth-order valence-electron chi connectivity index (χ4n) is 1.99. The van der Waals surface area contributed by atoms with E-state index in [1.54, 1.807) is 7.11 Å². The summed E-state index contributed by atoms with van der Waals surface area (Å²) in [6.45, 7) is 6.22. The van der Waals surface area contributed by atoms with Crippen LogP contribution in [0.15, 0.2) is 24.3 Å². The van der Waals surface area contributed by atoms with Gasteiger partial charge < -0.3 is 9.84 Å². The smallest absolute Gasteiger partial charge is 0.118 e. The second-order valence-electron chi connectivity index (χ2n) is 4.52. The predicted molar refractivity (Wildman–Crippen MR) is 66.9 cm³/mol. The van der Waals surface area contributed by atoms with Gasteiger partial charge in [-0.05, 0) is 30.0 Å². The zero-order valence-corrected chi connectivity index (χ0v) is 10.6. The van der Waals surface area contributed by atoms with Gasteiger partial charge in [0.25, 0.3) is 0 Å². The summed E-state index contributed by atoms with van der Waals surface area (Å²) < 4.78 is 5.13. The van der Waals surface area contributed by atoms with E-state index < -0.39 is 0 Å². The Labute approximate surface area is 98.3 Å². The van der Waals surface area contributed by atoms with Gasteiger partial charge >= 0.3 is 0 Å². The Bertz CT molecular complexity index is 303. The molecule has 0 aliphatic heterocycles. The summed E-state index contributed by atoms with van der Waals surface area (Å²) in [6, 6.07) is 7.98. The molecule has 1 aromatic carbocycles. The third-order valence-corrected chi connectivity index (χ3v) is 3.08. The molecule has 0 heterocycles. The Morgan fingerprint density at radius 3 is 2.12 bits per heavy atom. The van der Waals surface area contributed by atoms with E-state index in [2.05, 4.69) is 20.8 Å². The van der Waals surface area contributed by atoms with Crippen LogP contribution in [0.25, 0.3) is 0 Å². The van der Waals surface area contributed by atoms with Gasteiger partial charge in [0.05, 0.1) is 13.2 Å². The van der Waals surface area contributed by atoms with Crippen LogP contribution >= 0.6 is 0 Å². The van der Waals surface area contributed by atoms with Crippen molar-refractivity contribution in [2.75, 3.05) is 7.11 Å². The first-order valence-corrected chi connectivity index (χ1v) is 5.92. The lowest BCUT2D eigenvalue weighted by Crippen LogP contribution is -2.23. The van der Waals surface area contributed by atoms with E-state index in [9.17, 15) is 5.11 Å². The molecule has 0 aromatic heterocycles. The fraction of sp³-hybridized carbons (Fsp3) is 0.571. The van der Waals surface area contributed by atoms with Crippen LogP contribution in [0.3, 0.4) is 0 Å². The maximum absolute atomic E-state index is 10.1. The number of aliphatic hydroxyl groups is 1. The third kappa shape index (κ3) is 2.99. The monoisotopic (exact) mass is 222 g/mol. The Hall–Kier alpha value is -1.02. The van der Waals surface area contributed by atoms with Crippen molar-refractivity contribution in [2.45, 2.75) is 39.2 Å². The first-order valence-electron chi connectivity index (χ1n) is 5.92.